The smallest absolute Gasteiger partial charge is 0.291 e. The van der Waals surface area contributed by atoms with Crippen LogP contribution in [0, 0.1) is 6.92 Å². The third-order valence-corrected chi connectivity index (χ3v) is 5.29. The monoisotopic (exact) mass is 436 g/mol. The number of carbonyl (C=O) groups excluding carboxylic acids is 2. The minimum atomic E-state index is -0.536. The van der Waals surface area contributed by atoms with Crippen LogP contribution in [0.1, 0.15) is 18.9 Å². The summed E-state index contributed by atoms with van der Waals surface area (Å²) >= 11 is 1.57. The number of hydrogen-bond acceptors (Lipinski definition) is 5. The van der Waals surface area contributed by atoms with Crippen LogP contribution in [0.25, 0.3) is 11.3 Å². The Morgan fingerprint density at radius 3 is 2.45 bits per heavy atom. The van der Waals surface area contributed by atoms with Crippen molar-refractivity contribution < 1.29 is 9.59 Å². The van der Waals surface area contributed by atoms with Crippen LogP contribution in [0.15, 0.2) is 64.3 Å². The van der Waals surface area contributed by atoms with Crippen molar-refractivity contribution in [2.24, 2.45) is 0 Å². The van der Waals surface area contributed by atoms with E-state index in [1.165, 1.54) is 6.07 Å². The van der Waals surface area contributed by atoms with Gasteiger partial charge in [-0.15, -0.1) is 11.8 Å². The lowest BCUT2D eigenvalue weighted by molar-refractivity contribution is -0.117. The number of anilines is 2. The van der Waals surface area contributed by atoms with Gasteiger partial charge in [-0.1, -0.05) is 42.8 Å². The minimum Gasteiger partial charge on any atom is -0.324 e. The Bertz CT molecular complexity index is 1160. The molecular weight excluding hydrogens is 412 g/mol. The molecule has 1 aromatic heterocycles. The molecular formula is C23H24N4O3S. The van der Waals surface area contributed by atoms with Crippen molar-refractivity contribution in [1.82, 2.24) is 9.78 Å². The van der Waals surface area contributed by atoms with Crippen LogP contribution in [-0.4, -0.2) is 27.9 Å². The molecule has 7 nitrogen and oxygen atoms in total. The molecule has 0 atom stereocenters. The van der Waals surface area contributed by atoms with E-state index in [1.54, 1.807) is 24.8 Å². The maximum absolute atomic E-state index is 12.8. The molecule has 0 aliphatic carbocycles. The number of carbonyl (C=O) groups is 2. The van der Waals surface area contributed by atoms with Gasteiger partial charge < -0.3 is 10.6 Å². The Morgan fingerprint density at radius 1 is 1.03 bits per heavy atom. The zero-order valence-corrected chi connectivity index (χ0v) is 18.5. The van der Waals surface area contributed by atoms with E-state index in [9.17, 15) is 14.4 Å². The third-order valence-electron chi connectivity index (χ3n) is 4.56. The zero-order chi connectivity index (χ0) is 22.4. The molecule has 0 spiro atoms. The summed E-state index contributed by atoms with van der Waals surface area (Å²) in [5, 5.41) is 9.77. The van der Waals surface area contributed by atoms with Crippen molar-refractivity contribution in [2.45, 2.75) is 31.7 Å². The zero-order valence-electron chi connectivity index (χ0n) is 17.6. The van der Waals surface area contributed by atoms with E-state index >= 15 is 0 Å². The molecule has 0 unspecified atom stereocenters. The number of rotatable bonds is 7. The van der Waals surface area contributed by atoms with E-state index in [4.69, 9.17) is 0 Å². The Balaban J connectivity index is 1.93. The fourth-order valence-electron chi connectivity index (χ4n) is 2.88. The van der Waals surface area contributed by atoms with Gasteiger partial charge in [-0.2, -0.15) is 5.10 Å². The van der Waals surface area contributed by atoms with Crippen LogP contribution in [0.2, 0.25) is 0 Å². The number of aryl methyl sites for hydroxylation is 1. The number of amides is 2. The van der Waals surface area contributed by atoms with E-state index in [-0.39, 0.29) is 30.5 Å². The molecule has 0 aliphatic rings. The highest BCUT2D eigenvalue weighted by Crippen LogP contribution is 2.20. The van der Waals surface area contributed by atoms with Gasteiger partial charge in [0.05, 0.1) is 5.69 Å². The van der Waals surface area contributed by atoms with Gasteiger partial charge in [-0.05, 0) is 37.4 Å². The molecule has 8 heteroatoms. The summed E-state index contributed by atoms with van der Waals surface area (Å²) in [6.45, 7) is 3.39. The Kier molecular flexibility index (Phi) is 7.25. The number of benzene rings is 2. The van der Waals surface area contributed by atoms with Crippen molar-refractivity contribution in [3.8, 4) is 11.3 Å². The topological polar surface area (TPSA) is 93.1 Å². The molecule has 0 radical (unpaired) electrons. The van der Waals surface area contributed by atoms with Gasteiger partial charge >= 0.3 is 0 Å². The number of nitrogens with one attached hydrogen (secondary N) is 2. The molecule has 2 amide bonds. The maximum atomic E-state index is 12.8. The molecule has 1 heterocycles. The van der Waals surface area contributed by atoms with Gasteiger partial charge in [0.2, 0.25) is 11.8 Å². The first-order valence-electron chi connectivity index (χ1n) is 9.82. The van der Waals surface area contributed by atoms with Crippen LogP contribution in [0.3, 0.4) is 0 Å². The number of aromatic nitrogens is 2. The Morgan fingerprint density at radius 2 is 1.77 bits per heavy atom. The maximum Gasteiger partial charge on any atom is 0.291 e. The van der Waals surface area contributed by atoms with Crippen molar-refractivity contribution in [3.63, 3.8) is 0 Å². The molecule has 0 bridgehead atoms. The van der Waals surface area contributed by atoms with Crippen LogP contribution in [0.5, 0.6) is 0 Å². The minimum absolute atomic E-state index is 0.0922. The molecule has 3 aromatic rings. The first kappa shape index (κ1) is 22.3. The SMILES string of the molecule is CCC(=O)Nc1cc(-c2ccc(C)cc2)nn(CC(=O)Nc2cccc(SC)c2)c1=O. The predicted molar refractivity (Wildman–Crippen MR) is 124 cm³/mol. The second-order valence-corrected chi connectivity index (χ2v) is 7.83. The average molecular weight is 437 g/mol. The molecule has 2 aromatic carbocycles. The Labute approximate surface area is 184 Å². The summed E-state index contributed by atoms with van der Waals surface area (Å²) in [7, 11) is 0. The molecule has 160 valence electrons. The molecule has 31 heavy (non-hydrogen) atoms. The fourth-order valence-corrected chi connectivity index (χ4v) is 3.34. The first-order chi connectivity index (χ1) is 14.9. The highest BCUT2D eigenvalue weighted by molar-refractivity contribution is 7.98. The summed E-state index contributed by atoms with van der Waals surface area (Å²) in [5.41, 5.74) is 2.55. The van der Waals surface area contributed by atoms with Gasteiger partial charge in [0.1, 0.15) is 12.2 Å². The van der Waals surface area contributed by atoms with Crippen molar-refractivity contribution in [1.29, 1.82) is 0 Å². The molecule has 3 rings (SSSR count). The van der Waals surface area contributed by atoms with Gasteiger partial charge in [-0.25, -0.2) is 4.68 Å². The quantitative estimate of drug-likeness (QED) is 0.548. The lowest BCUT2D eigenvalue weighted by atomic mass is 10.1. The third kappa shape index (κ3) is 5.82. The van der Waals surface area contributed by atoms with Crippen LogP contribution < -0.4 is 16.2 Å². The number of nitrogens with zero attached hydrogens (tertiary/aromatic N) is 2. The highest BCUT2D eigenvalue weighted by Gasteiger charge is 2.15. The van der Waals surface area contributed by atoms with E-state index in [2.05, 4.69) is 15.7 Å². The second-order valence-electron chi connectivity index (χ2n) is 6.95. The average Bonchev–Trinajstić information content (AvgIpc) is 2.76. The van der Waals surface area contributed by atoms with Gasteiger partial charge in [0.25, 0.3) is 5.56 Å². The Hall–Kier alpha value is -3.39. The lowest BCUT2D eigenvalue weighted by Crippen LogP contribution is -2.32. The van der Waals surface area contributed by atoms with Gasteiger partial charge in [-0.3, -0.25) is 14.4 Å². The summed E-state index contributed by atoms with van der Waals surface area (Å²) < 4.78 is 1.08. The second kappa shape index (κ2) is 10.1. The molecule has 0 saturated heterocycles. The standard InChI is InChI=1S/C23H24N4O3S/c1-4-21(28)25-20-13-19(16-10-8-15(2)9-11-16)26-27(23(20)30)14-22(29)24-17-6-5-7-18(12-17)31-3/h5-13H,4,14H2,1-3H3,(H,24,29)(H,25,28). The fraction of sp³-hybridized carbons (Fsp3) is 0.217. The lowest BCUT2D eigenvalue weighted by Gasteiger charge is -2.12. The number of hydrogen-bond donors (Lipinski definition) is 2. The number of thioether (sulfide) groups is 1. The normalized spacial score (nSPS) is 10.5. The van der Waals surface area contributed by atoms with Crippen LogP contribution in [-0.2, 0) is 16.1 Å². The highest BCUT2D eigenvalue weighted by atomic mass is 32.2. The first-order valence-corrected chi connectivity index (χ1v) is 11.0. The van der Waals surface area contributed by atoms with E-state index in [0.717, 1.165) is 20.7 Å². The van der Waals surface area contributed by atoms with Crippen molar-refractivity contribution >= 4 is 35.0 Å². The van der Waals surface area contributed by atoms with Crippen molar-refractivity contribution in [3.05, 3.63) is 70.5 Å². The summed E-state index contributed by atoms with van der Waals surface area (Å²) in [4.78, 5) is 38.4. The van der Waals surface area contributed by atoms with E-state index in [1.807, 2.05) is 55.6 Å². The van der Waals surface area contributed by atoms with E-state index < -0.39 is 5.56 Å². The van der Waals surface area contributed by atoms with E-state index in [0.29, 0.717) is 11.4 Å². The largest absolute Gasteiger partial charge is 0.324 e. The predicted octanol–water partition coefficient (Wildman–Crippen LogP) is 3.93. The summed E-state index contributed by atoms with van der Waals surface area (Å²) in [6, 6.07) is 16.6. The van der Waals surface area contributed by atoms with Crippen LogP contribution in [0.4, 0.5) is 11.4 Å². The molecule has 0 saturated carbocycles. The summed E-state index contributed by atoms with van der Waals surface area (Å²) in [5.74, 6) is -0.676. The molecule has 0 fully saturated rings. The van der Waals surface area contributed by atoms with Crippen LogP contribution >= 0.6 is 11.8 Å². The van der Waals surface area contributed by atoms with Crippen molar-refractivity contribution in [2.75, 3.05) is 16.9 Å². The van der Waals surface area contributed by atoms with Gasteiger partial charge in [0.15, 0.2) is 0 Å². The summed E-state index contributed by atoms with van der Waals surface area (Å²) in [6.07, 6.45) is 2.18. The van der Waals surface area contributed by atoms with Gasteiger partial charge in [0, 0.05) is 22.6 Å². The molecule has 0 aliphatic heterocycles. The molecule has 2 N–H and O–H groups in total.